The van der Waals surface area contributed by atoms with Gasteiger partial charge >= 0.3 is 0 Å². The number of pyridine rings is 1. The molecule has 0 spiro atoms. The second-order valence-corrected chi connectivity index (χ2v) is 7.11. The largest absolute Gasteiger partial charge is 0.399 e. The normalized spacial score (nSPS) is 10.7. The quantitative estimate of drug-likeness (QED) is 0.361. The number of anilines is 1. The third-order valence-electron chi connectivity index (χ3n) is 4.03. The summed E-state index contributed by atoms with van der Waals surface area (Å²) in [7, 11) is 0. The number of rotatable bonds is 4. The minimum Gasteiger partial charge on any atom is -0.399 e. The molecule has 5 heteroatoms. The van der Waals surface area contributed by atoms with Crippen LogP contribution in [0.2, 0.25) is 5.15 Å². The van der Waals surface area contributed by atoms with Gasteiger partial charge in [-0.3, -0.25) is 4.79 Å². The summed E-state index contributed by atoms with van der Waals surface area (Å²) in [5.41, 5.74) is 11.2. The van der Waals surface area contributed by atoms with E-state index in [1.807, 2.05) is 43.3 Å². The van der Waals surface area contributed by atoms with E-state index in [-0.39, 0.29) is 5.78 Å². The van der Waals surface area contributed by atoms with Gasteiger partial charge in [-0.25, -0.2) is 4.98 Å². The highest BCUT2D eigenvalue weighted by Gasteiger charge is 2.11. The van der Waals surface area contributed by atoms with E-state index >= 15 is 0 Å². The molecule has 0 fully saturated rings. The summed E-state index contributed by atoms with van der Waals surface area (Å²) >= 11 is 9.34. The van der Waals surface area contributed by atoms with Gasteiger partial charge in [-0.2, -0.15) is 0 Å². The molecule has 2 aromatic carbocycles. The van der Waals surface area contributed by atoms with Crippen molar-refractivity contribution in [2.45, 2.75) is 13.3 Å². The van der Waals surface area contributed by atoms with Gasteiger partial charge in [0.05, 0.1) is 0 Å². The summed E-state index contributed by atoms with van der Waals surface area (Å²) in [5, 5.41) is 0.372. The molecule has 0 aliphatic rings. The Balaban J connectivity index is 1.81. The Labute approximate surface area is 160 Å². The van der Waals surface area contributed by atoms with Crippen LogP contribution in [0.25, 0.3) is 0 Å². The molecule has 0 amide bonds. The van der Waals surface area contributed by atoms with E-state index in [0.717, 1.165) is 27.7 Å². The molecule has 1 aromatic heterocycles. The number of nitrogens with zero attached hydrogens (tertiary/aromatic N) is 1. The Morgan fingerprint density at radius 3 is 2.40 bits per heavy atom. The number of hydrogen-bond donors (Lipinski definition) is 1. The van der Waals surface area contributed by atoms with Crippen molar-refractivity contribution < 1.29 is 4.79 Å². The van der Waals surface area contributed by atoms with Crippen LogP contribution >= 0.6 is 27.5 Å². The zero-order chi connectivity index (χ0) is 18.0. The van der Waals surface area contributed by atoms with Crippen molar-refractivity contribution in [2.75, 3.05) is 5.73 Å². The molecule has 3 aromatic rings. The van der Waals surface area contributed by atoms with Gasteiger partial charge in [-0.15, -0.1) is 0 Å². The van der Waals surface area contributed by atoms with Crippen molar-refractivity contribution >= 4 is 39.0 Å². The van der Waals surface area contributed by atoms with Crippen LogP contribution in [0.3, 0.4) is 0 Å². The first-order valence-electron chi connectivity index (χ1n) is 7.74. The topological polar surface area (TPSA) is 56.0 Å². The van der Waals surface area contributed by atoms with E-state index in [0.29, 0.717) is 16.3 Å². The van der Waals surface area contributed by atoms with Crippen LogP contribution in [0.5, 0.6) is 0 Å². The second-order valence-electron chi connectivity index (χ2n) is 5.87. The third-order valence-corrected chi connectivity index (χ3v) is 4.96. The highest BCUT2D eigenvalue weighted by molar-refractivity contribution is 9.10. The van der Waals surface area contributed by atoms with Gasteiger partial charge in [0.2, 0.25) is 0 Å². The van der Waals surface area contributed by atoms with Crippen LogP contribution in [0, 0.1) is 6.92 Å². The lowest BCUT2D eigenvalue weighted by atomic mass is 9.97. The minimum atomic E-state index is -0.0689. The maximum atomic E-state index is 12.5. The summed E-state index contributed by atoms with van der Waals surface area (Å²) < 4.78 is 0.998. The second kappa shape index (κ2) is 7.38. The molecule has 1 heterocycles. The highest BCUT2D eigenvalue weighted by Crippen LogP contribution is 2.26. The van der Waals surface area contributed by atoms with Gasteiger partial charge in [0.15, 0.2) is 5.78 Å². The van der Waals surface area contributed by atoms with Crippen molar-refractivity contribution in [2.24, 2.45) is 0 Å². The average Bonchev–Trinajstić information content (AvgIpc) is 2.59. The number of halogens is 2. The molecule has 0 saturated heterocycles. The molecular weight excluding hydrogens is 400 g/mol. The van der Waals surface area contributed by atoms with Crippen molar-refractivity contribution in [3.63, 3.8) is 0 Å². The van der Waals surface area contributed by atoms with Crippen LogP contribution in [0.1, 0.15) is 32.6 Å². The van der Waals surface area contributed by atoms with Crippen LogP contribution in [-0.4, -0.2) is 10.8 Å². The first-order chi connectivity index (χ1) is 11.9. The Morgan fingerprint density at radius 1 is 1.12 bits per heavy atom. The number of carbonyl (C=O) groups excluding carboxylic acids is 1. The molecule has 0 atom stereocenters. The minimum absolute atomic E-state index is 0.0689. The number of benzene rings is 2. The van der Waals surface area contributed by atoms with Crippen LogP contribution in [0.15, 0.2) is 59.2 Å². The molecule has 0 radical (unpaired) electrons. The lowest BCUT2D eigenvalue weighted by Gasteiger charge is -2.10. The van der Waals surface area contributed by atoms with E-state index in [9.17, 15) is 4.79 Å². The molecule has 3 nitrogen and oxygen atoms in total. The van der Waals surface area contributed by atoms with Crippen LogP contribution < -0.4 is 5.73 Å². The molecular formula is C20H16BrClN2O. The zero-order valence-corrected chi connectivity index (χ0v) is 15.9. The Hall–Kier alpha value is -2.17. The SMILES string of the molecule is Cc1cc(N)cc(Br)c1Cc1ccc(C(=O)c2ccc(Cl)nc2)cc1. The van der Waals surface area contributed by atoms with Gasteiger partial charge in [0.1, 0.15) is 5.15 Å². The van der Waals surface area contributed by atoms with Crippen molar-refractivity contribution in [3.05, 3.63) is 92.2 Å². The molecule has 3 rings (SSSR count). The Bertz CT molecular complexity index is 898. The molecule has 0 aliphatic heterocycles. The highest BCUT2D eigenvalue weighted by atomic mass is 79.9. The van der Waals surface area contributed by atoms with Gasteiger partial charge in [-0.1, -0.05) is 51.8 Å². The van der Waals surface area contributed by atoms with Crippen molar-refractivity contribution in [1.82, 2.24) is 4.98 Å². The summed E-state index contributed by atoms with van der Waals surface area (Å²) in [4.78, 5) is 16.4. The van der Waals surface area contributed by atoms with E-state index < -0.39 is 0 Å². The van der Waals surface area contributed by atoms with Gasteiger partial charge in [-0.05, 0) is 54.3 Å². The fourth-order valence-electron chi connectivity index (χ4n) is 2.68. The van der Waals surface area contributed by atoms with Crippen LogP contribution in [-0.2, 0) is 6.42 Å². The zero-order valence-electron chi connectivity index (χ0n) is 13.6. The summed E-state index contributed by atoms with van der Waals surface area (Å²) in [6.45, 7) is 2.04. The predicted molar refractivity (Wildman–Crippen MR) is 105 cm³/mol. The molecule has 0 aliphatic carbocycles. The Morgan fingerprint density at radius 2 is 1.80 bits per heavy atom. The predicted octanol–water partition coefficient (Wildman–Crippen LogP) is 5.21. The number of aryl methyl sites for hydroxylation is 1. The standard InChI is InChI=1S/C20H16BrClN2O/c1-12-8-16(23)10-18(21)17(12)9-13-2-4-14(5-3-13)20(25)15-6-7-19(22)24-11-15/h2-8,10-11H,9,23H2,1H3. The van der Waals surface area contributed by atoms with E-state index in [4.69, 9.17) is 17.3 Å². The summed E-state index contributed by atoms with van der Waals surface area (Å²) in [6, 6.07) is 14.8. The first kappa shape index (κ1) is 17.6. The molecule has 25 heavy (non-hydrogen) atoms. The first-order valence-corrected chi connectivity index (χ1v) is 8.91. The maximum Gasteiger partial charge on any atom is 0.194 e. The maximum absolute atomic E-state index is 12.5. The molecule has 0 bridgehead atoms. The fourth-order valence-corrected chi connectivity index (χ4v) is 3.51. The fraction of sp³-hybridized carbons (Fsp3) is 0.100. The lowest BCUT2D eigenvalue weighted by molar-refractivity contribution is 0.103. The van der Waals surface area contributed by atoms with E-state index in [1.54, 1.807) is 12.1 Å². The number of ketones is 1. The summed E-state index contributed by atoms with van der Waals surface area (Å²) in [6.07, 6.45) is 2.26. The average molecular weight is 416 g/mol. The molecule has 126 valence electrons. The van der Waals surface area contributed by atoms with E-state index in [1.165, 1.54) is 11.8 Å². The monoisotopic (exact) mass is 414 g/mol. The van der Waals surface area contributed by atoms with Gasteiger partial charge < -0.3 is 5.73 Å². The van der Waals surface area contributed by atoms with Crippen LogP contribution in [0.4, 0.5) is 5.69 Å². The van der Waals surface area contributed by atoms with Crippen molar-refractivity contribution in [3.8, 4) is 0 Å². The molecule has 0 unspecified atom stereocenters. The third kappa shape index (κ3) is 4.09. The smallest absolute Gasteiger partial charge is 0.194 e. The number of hydrogen-bond acceptors (Lipinski definition) is 3. The van der Waals surface area contributed by atoms with Gasteiger partial charge in [0, 0.05) is 27.5 Å². The number of nitrogens with two attached hydrogens (primary N) is 1. The number of nitrogen functional groups attached to an aromatic ring is 1. The number of aromatic nitrogens is 1. The molecule has 2 N–H and O–H groups in total. The Kier molecular flexibility index (Phi) is 5.21. The summed E-state index contributed by atoms with van der Waals surface area (Å²) in [5.74, 6) is -0.0689. The molecule has 0 saturated carbocycles. The van der Waals surface area contributed by atoms with Crippen molar-refractivity contribution in [1.29, 1.82) is 0 Å². The number of carbonyl (C=O) groups is 1. The lowest BCUT2D eigenvalue weighted by Crippen LogP contribution is -2.02. The van der Waals surface area contributed by atoms with E-state index in [2.05, 4.69) is 20.9 Å². The van der Waals surface area contributed by atoms with Gasteiger partial charge in [0.25, 0.3) is 0 Å².